The summed E-state index contributed by atoms with van der Waals surface area (Å²) in [5.41, 5.74) is -0.467. The lowest BCUT2D eigenvalue weighted by Crippen LogP contribution is -2.44. The van der Waals surface area contributed by atoms with Gasteiger partial charge in [0, 0.05) is 19.2 Å². The summed E-state index contributed by atoms with van der Waals surface area (Å²) >= 11 is 0. The van der Waals surface area contributed by atoms with Gasteiger partial charge in [0.05, 0.1) is 11.2 Å². The van der Waals surface area contributed by atoms with E-state index < -0.39 is 26.0 Å². The standard InChI is InChI=1S/C14H25NO5S/c1-13(2,21(3,19)20)10-15-11(16)8-14(9-12(17)18)6-4-5-7-14/h4-10H2,1-3H3,(H,15,16)(H,17,18). The summed E-state index contributed by atoms with van der Waals surface area (Å²) in [5.74, 6) is -1.16. The lowest BCUT2D eigenvalue weighted by atomic mass is 9.79. The van der Waals surface area contributed by atoms with Gasteiger partial charge in [-0.05, 0) is 32.1 Å². The van der Waals surface area contributed by atoms with E-state index in [0.29, 0.717) is 0 Å². The van der Waals surface area contributed by atoms with Crippen molar-refractivity contribution in [1.29, 1.82) is 0 Å². The number of carbonyl (C=O) groups excluding carboxylic acids is 1. The molecule has 0 atom stereocenters. The van der Waals surface area contributed by atoms with E-state index in [1.165, 1.54) is 0 Å². The molecule has 0 aromatic heterocycles. The number of aliphatic carboxylic acids is 1. The molecule has 7 heteroatoms. The zero-order valence-corrected chi connectivity index (χ0v) is 13.8. The normalized spacial score (nSPS) is 18.4. The minimum Gasteiger partial charge on any atom is -0.481 e. The van der Waals surface area contributed by atoms with Gasteiger partial charge in [-0.15, -0.1) is 0 Å². The SMILES string of the molecule is CC(C)(CNC(=O)CC1(CC(=O)O)CCCC1)S(C)(=O)=O. The highest BCUT2D eigenvalue weighted by Gasteiger charge is 2.38. The fraction of sp³-hybridized carbons (Fsp3) is 0.857. The van der Waals surface area contributed by atoms with Gasteiger partial charge >= 0.3 is 5.97 Å². The molecule has 0 aliphatic heterocycles. The summed E-state index contributed by atoms with van der Waals surface area (Å²) in [6.07, 6.45) is 4.65. The highest BCUT2D eigenvalue weighted by Crippen LogP contribution is 2.44. The molecule has 2 N–H and O–H groups in total. The molecule has 6 nitrogen and oxygen atoms in total. The first-order valence-corrected chi connectivity index (χ1v) is 9.05. The predicted octanol–water partition coefficient (Wildman–Crippen LogP) is 1.35. The number of sulfone groups is 1. The van der Waals surface area contributed by atoms with E-state index >= 15 is 0 Å². The molecule has 0 unspecified atom stereocenters. The van der Waals surface area contributed by atoms with Gasteiger partial charge in [0.25, 0.3) is 0 Å². The summed E-state index contributed by atoms with van der Waals surface area (Å²) in [5, 5.41) is 11.7. The number of rotatable bonds is 7. The monoisotopic (exact) mass is 319 g/mol. The molecule has 0 spiro atoms. The van der Waals surface area contributed by atoms with Crippen LogP contribution < -0.4 is 5.32 Å². The summed E-state index contributed by atoms with van der Waals surface area (Å²) in [7, 11) is -3.27. The first kappa shape index (κ1) is 17.9. The molecule has 0 bridgehead atoms. The van der Waals surface area contributed by atoms with Gasteiger partial charge in [-0.2, -0.15) is 0 Å². The fourth-order valence-corrected chi connectivity index (χ4v) is 3.04. The van der Waals surface area contributed by atoms with Crippen LogP contribution in [-0.2, 0) is 19.4 Å². The molecule has 1 aliphatic carbocycles. The van der Waals surface area contributed by atoms with Gasteiger partial charge in [0.15, 0.2) is 9.84 Å². The first-order chi connectivity index (χ1) is 9.47. The van der Waals surface area contributed by atoms with Crippen LogP contribution in [0.5, 0.6) is 0 Å². The second kappa shape index (κ2) is 6.34. The summed E-state index contributed by atoms with van der Waals surface area (Å²) in [6, 6.07) is 0. The van der Waals surface area contributed by atoms with E-state index in [9.17, 15) is 18.0 Å². The Bertz CT molecular complexity index is 503. The van der Waals surface area contributed by atoms with Crippen LogP contribution in [0.3, 0.4) is 0 Å². The van der Waals surface area contributed by atoms with Gasteiger partial charge in [-0.3, -0.25) is 9.59 Å². The first-order valence-electron chi connectivity index (χ1n) is 7.16. The number of hydrogen-bond donors (Lipinski definition) is 2. The Labute approximate surface area is 126 Å². The molecular weight excluding hydrogens is 294 g/mol. The lowest BCUT2D eigenvalue weighted by Gasteiger charge is -2.28. The number of amides is 1. The van der Waals surface area contributed by atoms with Gasteiger partial charge in [-0.1, -0.05) is 12.8 Å². The molecule has 0 saturated heterocycles. The Balaban J connectivity index is 2.62. The van der Waals surface area contributed by atoms with Gasteiger partial charge in [-0.25, -0.2) is 8.42 Å². The minimum absolute atomic E-state index is 0.00408. The molecule has 0 heterocycles. The Morgan fingerprint density at radius 3 is 2.14 bits per heavy atom. The number of carboxylic acids is 1. The van der Waals surface area contributed by atoms with Crippen molar-refractivity contribution in [1.82, 2.24) is 5.32 Å². The molecule has 122 valence electrons. The maximum Gasteiger partial charge on any atom is 0.303 e. The van der Waals surface area contributed by atoms with Crippen molar-refractivity contribution < 1.29 is 23.1 Å². The van der Waals surface area contributed by atoms with Crippen molar-refractivity contribution in [2.45, 2.75) is 57.1 Å². The highest BCUT2D eigenvalue weighted by atomic mass is 32.2. The van der Waals surface area contributed by atoms with Crippen LogP contribution in [0.15, 0.2) is 0 Å². The molecule has 21 heavy (non-hydrogen) atoms. The van der Waals surface area contributed by atoms with E-state index in [-0.39, 0.29) is 25.3 Å². The number of carbonyl (C=O) groups is 2. The second-order valence-corrected chi connectivity index (χ2v) is 9.41. The third-order valence-electron chi connectivity index (χ3n) is 4.44. The maximum absolute atomic E-state index is 12.1. The zero-order valence-electron chi connectivity index (χ0n) is 12.9. The van der Waals surface area contributed by atoms with E-state index in [1.54, 1.807) is 13.8 Å². The van der Waals surface area contributed by atoms with Gasteiger partial charge in [0.2, 0.25) is 5.91 Å². The molecule has 1 fully saturated rings. The lowest BCUT2D eigenvalue weighted by molar-refractivity contribution is -0.140. The summed E-state index contributed by atoms with van der Waals surface area (Å²) in [4.78, 5) is 23.0. The molecule has 1 saturated carbocycles. The highest BCUT2D eigenvalue weighted by molar-refractivity contribution is 7.92. The van der Waals surface area contributed by atoms with Crippen LogP contribution in [0, 0.1) is 5.41 Å². The number of nitrogens with one attached hydrogen (secondary N) is 1. The van der Waals surface area contributed by atoms with Crippen LogP contribution in [-0.4, -0.2) is 42.9 Å². The average molecular weight is 319 g/mol. The Hall–Kier alpha value is -1.11. The third kappa shape index (κ3) is 4.98. The van der Waals surface area contributed by atoms with E-state index in [4.69, 9.17) is 5.11 Å². The van der Waals surface area contributed by atoms with E-state index in [1.807, 2.05) is 0 Å². The minimum atomic E-state index is -3.27. The van der Waals surface area contributed by atoms with Crippen LogP contribution in [0.4, 0.5) is 0 Å². The average Bonchev–Trinajstić information content (AvgIpc) is 2.72. The van der Waals surface area contributed by atoms with E-state index in [0.717, 1.165) is 31.9 Å². The fourth-order valence-electron chi connectivity index (χ4n) is 2.71. The second-order valence-electron chi connectivity index (χ2n) is 6.76. The molecule has 0 radical (unpaired) electrons. The Kier molecular flexibility index (Phi) is 5.41. The summed E-state index contributed by atoms with van der Waals surface area (Å²) < 4.78 is 22.1. The molecule has 1 rings (SSSR count). The molecule has 1 aliphatic rings. The van der Waals surface area contributed by atoms with Crippen LogP contribution in [0.25, 0.3) is 0 Å². The Morgan fingerprint density at radius 1 is 1.19 bits per heavy atom. The van der Waals surface area contributed by atoms with Crippen molar-refractivity contribution >= 4 is 21.7 Å². The predicted molar refractivity (Wildman–Crippen MR) is 79.7 cm³/mol. The quantitative estimate of drug-likeness (QED) is 0.737. The van der Waals surface area contributed by atoms with Crippen molar-refractivity contribution in [3.8, 4) is 0 Å². The maximum atomic E-state index is 12.1. The van der Waals surface area contributed by atoms with Gasteiger partial charge < -0.3 is 10.4 Å². The molecule has 0 aromatic carbocycles. The van der Waals surface area contributed by atoms with Crippen molar-refractivity contribution in [3.05, 3.63) is 0 Å². The van der Waals surface area contributed by atoms with Crippen LogP contribution in [0.1, 0.15) is 52.4 Å². The molecular formula is C14H25NO5S. The smallest absolute Gasteiger partial charge is 0.303 e. The zero-order chi connectivity index (χ0) is 16.3. The van der Waals surface area contributed by atoms with Crippen LogP contribution >= 0.6 is 0 Å². The topological polar surface area (TPSA) is 101 Å². The van der Waals surface area contributed by atoms with Crippen molar-refractivity contribution in [2.24, 2.45) is 5.41 Å². The third-order valence-corrected chi connectivity index (χ3v) is 6.59. The summed E-state index contributed by atoms with van der Waals surface area (Å²) in [6.45, 7) is 3.16. The van der Waals surface area contributed by atoms with Crippen molar-refractivity contribution in [2.75, 3.05) is 12.8 Å². The molecule has 0 aromatic rings. The largest absolute Gasteiger partial charge is 0.481 e. The molecule has 1 amide bonds. The van der Waals surface area contributed by atoms with Crippen LogP contribution in [0.2, 0.25) is 0 Å². The number of hydrogen-bond acceptors (Lipinski definition) is 4. The number of carboxylic acid groups (broad SMARTS) is 1. The van der Waals surface area contributed by atoms with Gasteiger partial charge in [0.1, 0.15) is 0 Å². The Morgan fingerprint density at radius 2 is 1.71 bits per heavy atom. The van der Waals surface area contributed by atoms with Crippen molar-refractivity contribution in [3.63, 3.8) is 0 Å². The van der Waals surface area contributed by atoms with E-state index in [2.05, 4.69) is 5.32 Å².